The highest BCUT2D eigenvalue weighted by atomic mass is 35.7. The van der Waals surface area contributed by atoms with Crippen molar-refractivity contribution in [1.29, 1.82) is 0 Å². The van der Waals surface area contributed by atoms with E-state index in [9.17, 15) is 8.42 Å². The topological polar surface area (TPSA) is 43.4 Å². The monoisotopic (exact) mass is 276 g/mol. The van der Waals surface area contributed by atoms with Crippen LogP contribution in [0.2, 0.25) is 0 Å². The van der Waals surface area contributed by atoms with Gasteiger partial charge in [-0.1, -0.05) is 26.0 Å². The Bertz CT molecular complexity index is 481. The summed E-state index contributed by atoms with van der Waals surface area (Å²) in [6.45, 7) is 6.19. The molecule has 0 amide bonds. The molecule has 0 saturated carbocycles. The molecule has 0 unspecified atom stereocenters. The van der Waals surface area contributed by atoms with Gasteiger partial charge in [-0.3, -0.25) is 0 Å². The Kier molecular flexibility index (Phi) is 4.83. The number of rotatable bonds is 5. The molecule has 0 bridgehead atoms. The van der Waals surface area contributed by atoms with Crippen LogP contribution in [-0.2, 0) is 9.05 Å². The van der Waals surface area contributed by atoms with E-state index in [4.69, 9.17) is 15.4 Å². The van der Waals surface area contributed by atoms with Crippen molar-refractivity contribution in [3.63, 3.8) is 0 Å². The average Bonchev–Trinajstić information content (AvgIpc) is 2.18. The van der Waals surface area contributed by atoms with Crippen LogP contribution in [-0.4, -0.2) is 20.8 Å². The Labute approximate surface area is 107 Å². The van der Waals surface area contributed by atoms with Gasteiger partial charge in [0.2, 0.25) is 9.05 Å². The largest absolute Gasteiger partial charge is 0.492 e. The summed E-state index contributed by atoms with van der Waals surface area (Å²) < 4.78 is 27.0. The average molecular weight is 277 g/mol. The molecule has 1 rings (SSSR count). The van der Waals surface area contributed by atoms with Crippen LogP contribution in [0.1, 0.15) is 30.9 Å². The van der Waals surface area contributed by atoms with Crippen LogP contribution in [0.5, 0.6) is 5.75 Å². The van der Waals surface area contributed by atoms with Gasteiger partial charge in [0, 0.05) is 10.7 Å². The molecule has 0 radical (unpaired) electrons. The van der Waals surface area contributed by atoms with Crippen molar-refractivity contribution in [3.05, 3.63) is 29.3 Å². The maximum absolute atomic E-state index is 10.8. The summed E-state index contributed by atoms with van der Waals surface area (Å²) in [5, 5.41) is 0. The summed E-state index contributed by atoms with van der Waals surface area (Å²) in [5.74, 6) is 0.950. The number of benzene rings is 1. The molecule has 0 saturated heterocycles. The zero-order valence-electron chi connectivity index (χ0n) is 10.2. The SMILES string of the molecule is Cc1ccc(C(C)C)cc1OCCS(=O)(=O)Cl. The predicted octanol–water partition coefficient (Wildman–Crippen LogP) is 3.07. The Hall–Kier alpha value is -0.740. The molecule has 96 valence electrons. The second-order valence-electron chi connectivity index (χ2n) is 4.27. The lowest BCUT2D eigenvalue weighted by Gasteiger charge is -2.12. The number of aryl methyl sites for hydroxylation is 1. The van der Waals surface area contributed by atoms with E-state index in [0.29, 0.717) is 5.92 Å². The van der Waals surface area contributed by atoms with Crippen molar-refractivity contribution < 1.29 is 13.2 Å². The highest BCUT2D eigenvalue weighted by molar-refractivity contribution is 8.13. The van der Waals surface area contributed by atoms with E-state index >= 15 is 0 Å². The molecule has 0 heterocycles. The van der Waals surface area contributed by atoms with E-state index in [1.165, 1.54) is 5.56 Å². The summed E-state index contributed by atoms with van der Waals surface area (Å²) in [6, 6.07) is 5.96. The Morgan fingerprint density at radius 2 is 2.00 bits per heavy atom. The van der Waals surface area contributed by atoms with Gasteiger partial charge in [-0.05, 0) is 30.0 Å². The maximum Gasteiger partial charge on any atom is 0.235 e. The van der Waals surface area contributed by atoms with E-state index in [2.05, 4.69) is 13.8 Å². The lowest BCUT2D eigenvalue weighted by molar-refractivity contribution is 0.338. The van der Waals surface area contributed by atoms with Gasteiger partial charge in [0.1, 0.15) is 12.4 Å². The molecule has 0 aliphatic rings. The van der Waals surface area contributed by atoms with Crippen LogP contribution in [0.3, 0.4) is 0 Å². The first kappa shape index (κ1) is 14.3. The van der Waals surface area contributed by atoms with Crippen LogP contribution >= 0.6 is 10.7 Å². The lowest BCUT2D eigenvalue weighted by atomic mass is 10.0. The first-order valence-corrected chi connectivity index (χ1v) is 7.93. The zero-order valence-corrected chi connectivity index (χ0v) is 11.8. The van der Waals surface area contributed by atoms with E-state index in [1.54, 1.807) is 0 Å². The fourth-order valence-corrected chi connectivity index (χ4v) is 1.85. The smallest absolute Gasteiger partial charge is 0.235 e. The van der Waals surface area contributed by atoms with Crippen molar-refractivity contribution in [2.24, 2.45) is 0 Å². The molecule has 0 atom stereocenters. The maximum atomic E-state index is 10.8. The van der Waals surface area contributed by atoms with Gasteiger partial charge in [0.05, 0.1) is 5.75 Å². The molecule has 1 aromatic rings. The van der Waals surface area contributed by atoms with Gasteiger partial charge in [0.25, 0.3) is 0 Å². The van der Waals surface area contributed by atoms with E-state index in [0.717, 1.165) is 11.3 Å². The minimum Gasteiger partial charge on any atom is -0.492 e. The summed E-state index contributed by atoms with van der Waals surface area (Å²) in [5.41, 5.74) is 2.15. The van der Waals surface area contributed by atoms with Crippen molar-refractivity contribution in [3.8, 4) is 5.75 Å². The molecule has 0 N–H and O–H groups in total. The molecule has 1 aromatic carbocycles. The van der Waals surface area contributed by atoms with Gasteiger partial charge >= 0.3 is 0 Å². The van der Waals surface area contributed by atoms with Crippen LogP contribution < -0.4 is 4.74 Å². The molecule has 0 spiro atoms. The standard InChI is InChI=1S/C12H17ClO3S/c1-9(2)11-5-4-10(3)12(8-11)16-6-7-17(13,14)15/h4-5,8-9H,6-7H2,1-3H3. The minimum absolute atomic E-state index is 0.0776. The highest BCUT2D eigenvalue weighted by Crippen LogP contribution is 2.24. The Morgan fingerprint density at radius 1 is 1.35 bits per heavy atom. The summed E-state index contributed by atoms with van der Waals surface area (Å²) >= 11 is 0. The van der Waals surface area contributed by atoms with Crippen molar-refractivity contribution >= 4 is 19.7 Å². The molecule has 0 aliphatic carbocycles. The van der Waals surface area contributed by atoms with E-state index < -0.39 is 9.05 Å². The second-order valence-corrected chi connectivity index (χ2v) is 7.17. The third kappa shape index (κ3) is 4.96. The molecule has 0 aromatic heterocycles. The molecule has 3 nitrogen and oxygen atoms in total. The fourth-order valence-electron chi connectivity index (χ4n) is 1.38. The first-order valence-electron chi connectivity index (χ1n) is 5.45. The van der Waals surface area contributed by atoms with Gasteiger partial charge in [-0.2, -0.15) is 0 Å². The predicted molar refractivity (Wildman–Crippen MR) is 70.4 cm³/mol. The van der Waals surface area contributed by atoms with Crippen molar-refractivity contribution in [1.82, 2.24) is 0 Å². The second kappa shape index (κ2) is 5.74. The molecule has 17 heavy (non-hydrogen) atoms. The normalized spacial score (nSPS) is 11.8. The van der Waals surface area contributed by atoms with Crippen LogP contribution in [0.4, 0.5) is 0 Å². The van der Waals surface area contributed by atoms with Gasteiger partial charge in [-0.25, -0.2) is 8.42 Å². The van der Waals surface area contributed by atoms with Gasteiger partial charge in [-0.15, -0.1) is 0 Å². The number of hydrogen-bond donors (Lipinski definition) is 0. The minimum atomic E-state index is -3.49. The van der Waals surface area contributed by atoms with Crippen LogP contribution in [0.25, 0.3) is 0 Å². The number of halogens is 1. The van der Waals surface area contributed by atoms with Gasteiger partial charge in [0.15, 0.2) is 0 Å². The van der Waals surface area contributed by atoms with Crippen molar-refractivity contribution in [2.45, 2.75) is 26.7 Å². The lowest BCUT2D eigenvalue weighted by Crippen LogP contribution is -2.09. The van der Waals surface area contributed by atoms with Gasteiger partial charge < -0.3 is 4.74 Å². The molecular weight excluding hydrogens is 260 g/mol. The third-order valence-corrected chi connectivity index (χ3v) is 3.58. The van der Waals surface area contributed by atoms with Crippen LogP contribution in [0.15, 0.2) is 18.2 Å². The van der Waals surface area contributed by atoms with Crippen molar-refractivity contribution in [2.75, 3.05) is 12.4 Å². The summed E-state index contributed by atoms with van der Waals surface area (Å²) in [4.78, 5) is 0. The Morgan fingerprint density at radius 3 is 2.53 bits per heavy atom. The molecule has 5 heteroatoms. The summed E-state index contributed by atoms with van der Waals surface area (Å²) in [7, 11) is 1.63. The fraction of sp³-hybridized carbons (Fsp3) is 0.500. The van der Waals surface area contributed by atoms with E-state index in [1.807, 2.05) is 25.1 Å². The number of ether oxygens (including phenoxy) is 1. The molecule has 0 aliphatic heterocycles. The Balaban J connectivity index is 2.73. The number of hydrogen-bond acceptors (Lipinski definition) is 3. The van der Waals surface area contributed by atoms with E-state index in [-0.39, 0.29) is 12.4 Å². The first-order chi connectivity index (χ1) is 7.79. The van der Waals surface area contributed by atoms with Crippen LogP contribution in [0, 0.1) is 6.92 Å². The quantitative estimate of drug-likeness (QED) is 0.777. The third-order valence-electron chi connectivity index (χ3n) is 2.46. The summed E-state index contributed by atoms with van der Waals surface area (Å²) in [6.07, 6.45) is 0. The highest BCUT2D eigenvalue weighted by Gasteiger charge is 2.08. The molecule has 0 fully saturated rings. The molecular formula is C12H17ClO3S. The zero-order chi connectivity index (χ0) is 13.1.